The van der Waals surface area contributed by atoms with Crippen LogP contribution in [0.2, 0.25) is 0 Å². The lowest BCUT2D eigenvalue weighted by atomic mass is 10.1. The van der Waals surface area contributed by atoms with Gasteiger partial charge in [-0.15, -0.1) is 0 Å². The Labute approximate surface area is 83.0 Å². The van der Waals surface area contributed by atoms with Crippen LogP contribution in [0.4, 0.5) is 0 Å². The second-order valence-corrected chi connectivity index (χ2v) is 3.43. The Morgan fingerprint density at radius 2 is 1.43 bits per heavy atom. The molecule has 0 saturated heterocycles. The average molecular weight is 182 g/mol. The highest BCUT2D eigenvalue weighted by atomic mass is 16.5. The Kier molecular flexibility index (Phi) is 1.42. The van der Waals surface area contributed by atoms with E-state index in [1.807, 2.05) is 18.2 Å². The molecule has 0 saturated carbocycles. The van der Waals surface area contributed by atoms with Crippen molar-refractivity contribution in [2.75, 3.05) is 7.11 Å². The van der Waals surface area contributed by atoms with Crippen LogP contribution in [0, 0.1) is 0 Å². The van der Waals surface area contributed by atoms with Crippen LogP contribution < -0.4 is 4.74 Å². The van der Waals surface area contributed by atoms with E-state index in [1.165, 1.54) is 22.3 Å². The molecule has 0 fully saturated rings. The van der Waals surface area contributed by atoms with Crippen molar-refractivity contribution in [3.8, 4) is 28.0 Å². The monoisotopic (exact) mass is 182 g/mol. The lowest BCUT2D eigenvalue weighted by Crippen LogP contribution is -1.83. The third-order valence-corrected chi connectivity index (χ3v) is 2.67. The van der Waals surface area contributed by atoms with Crippen molar-refractivity contribution in [3.63, 3.8) is 0 Å². The van der Waals surface area contributed by atoms with Crippen LogP contribution in [0.15, 0.2) is 42.5 Å². The second kappa shape index (κ2) is 2.61. The normalized spacial score (nSPS) is 11.2. The molecule has 0 aliphatic heterocycles. The van der Waals surface area contributed by atoms with Crippen molar-refractivity contribution >= 4 is 0 Å². The molecule has 0 unspecified atom stereocenters. The van der Waals surface area contributed by atoms with Gasteiger partial charge in [0.25, 0.3) is 0 Å². The van der Waals surface area contributed by atoms with Gasteiger partial charge in [0.1, 0.15) is 5.75 Å². The van der Waals surface area contributed by atoms with Crippen LogP contribution >= 0.6 is 0 Å². The van der Waals surface area contributed by atoms with E-state index < -0.39 is 0 Å². The van der Waals surface area contributed by atoms with Gasteiger partial charge in [-0.3, -0.25) is 0 Å². The molecule has 0 bridgehead atoms. The quantitative estimate of drug-likeness (QED) is 0.590. The minimum Gasteiger partial charge on any atom is -0.496 e. The zero-order valence-electron chi connectivity index (χ0n) is 7.95. The summed E-state index contributed by atoms with van der Waals surface area (Å²) in [4.78, 5) is 0. The van der Waals surface area contributed by atoms with Crippen molar-refractivity contribution in [3.05, 3.63) is 42.5 Å². The van der Waals surface area contributed by atoms with Crippen LogP contribution in [0.25, 0.3) is 22.3 Å². The highest BCUT2D eigenvalue weighted by Crippen LogP contribution is 2.53. The topological polar surface area (TPSA) is 9.23 Å². The molecule has 0 spiro atoms. The molecule has 2 aliphatic carbocycles. The minimum atomic E-state index is 0.957. The largest absolute Gasteiger partial charge is 0.496 e. The van der Waals surface area contributed by atoms with Gasteiger partial charge >= 0.3 is 0 Å². The smallest absolute Gasteiger partial charge is 0.126 e. The Hall–Kier alpha value is -1.76. The zero-order chi connectivity index (χ0) is 9.54. The molecule has 3 rings (SSSR count). The number of para-hydroxylation sites is 1. The highest BCUT2D eigenvalue weighted by Gasteiger charge is 2.26. The Morgan fingerprint density at radius 3 is 2.14 bits per heavy atom. The first-order valence-corrected chi connectivity index (χ1v) is 4.68. The van der Waals surface area contributed by atoms with E-state index in [1.54, 1.807) is 7.11 Å². The summed E-state index contributed by atoms with van der Waals surface area (Å²) < 4.78 is 5.33. The Bertz CT molecular complexity index is 480. The molecule has 1 heteroatoms. The molecule has 0 radical (unpaired) electrons. The summed E-state index contributed by atoms with van der Waals surface area (Å²) in [6.45, 7) is 0. The predicted molar refractivity (Wildman–Crippen MR) is 57.4 cm³/mol. The molecule has 0 atom stereocenters. The number of hydrogen-bond donors (Lipinski definition) is 0. The fraction of sp³-hybridized carbons (Fsp3) is 0.0769. The third kappa shape index (κ3) is 0.896. The first-order valence-electron chi connectivity index (χ1n) is 4.68. The molecule has 0 N–H and O–H groups in total. The second-order valence-electron chi connectivity index (χ2n) is 3.43. The van der Waals surface area contributed by atoms with E-state index in [4.69, 9.17) is 4.74 Å². The minimum absolute atomic E-state index is 0.957. The third-order valence-electron chi connectivity index (χ3n) is 2.67. The van der Waals surface area contributed by atoms with Crippen molar-refractivity contribution < 1.29 is 4.74 Å². The molecule has 0 heterocycles. The summed E-state index contributed by atoms with van der Waals surface area (Å²) >= 11 is 0. The zero-order valence-corrected chi connectivity index (χ0v) is 7.95. The number of methoxy groups -OCH3 is 1. The Morgan fingerprint density at radius 1 is 0.786 bits per heavy atom. The molecule has 1 aromatic rings. The molecule has 2 aliphatic rings. The van der Waals surface area contributed by atoms with E-state index >= 15 is 0 Å². The van der Waals surface area contributed by atoms with Crippen molar-refractivity contribution in [2.45, 2.75) is 0 Å². The predicted octanol–water partition coefficient (Wildman–Crippen LogP) is 3.34. The molecular weight excluding hydrogens is 172 g/mol. The fourth-order valence-electron chi connectivity index (χ4n) is 1.95. The first-order chi connectivity index (χ1) is 6.92. The Balaban J connectivity index is 2.16. The molecule has 0 amide bonds. The summed E-state index contributed by atoms with van der Waals surface area (Å²) in [5.41, 5.74) is 5.30. The van der Waals surface area contributed by atoms with Gasteiger partial charge in [0, 0.05) is 11.1 Å². The molecule has 68 valence electrons. The maximum absolute atomic E-state index is 5.33. The van der Waals surface area contributed by atoms with Gasteiger partial charge in [-0.1, -0.05) is 36.4 Å². The van der Waals surface area contributed by atoms with Gasteiger partial charge in [0.05, 0.1) is 7.11 Å². The van der Waals surface area contributed by atoms with Gasteiger partial charge in [-0.05, 0) is 17.2 Å². The van der Waals surface area contributed by atoms with Crippen LogP contribution in [0.5, 0.6) is 5.75 Å². The van der Waals surface area contributed by atoms with Crippen molar-refractivity contribution in [2.24, 2.45) is 0 Å². The maximum atomic E-state index is 5.33. The average Bonchev–Trinajstić information content (AvgIpc) is 2.70. The number of benzene rings is 2. The van der Waals surface area contributed by atoms with Crippen LogP contribution in [0.1, 0.15) is 0 Å². The van der Waals surface area contributed by atoms with Gasteiger partial charge in [0.2, 0.25) is 0 Å². The van der Waals surface area contributed by atoms with Crippen LogP contribution in [-0.2, 0) is 0 Å². The van der Waals surface area contributed by atoms with Crippen LogP contribution in [0.3, 0.4) is 0 Å². The van der Waals surface area contributed by atoms with E-state index in [2.05, 4.69) is 24.3 Å². The standard InChI is InChI=1S/C13H10O/c1-14-12-8-3-2-5-11(12)13-9-6-4-7-10(9)13/h2-8H,1H3. The van der Waals surface area contributed by atoms with E-state index in [0.29, 0.717) is 0 Å². The molecule has 1 aromatic carbocycles. The van der Waals surface area contributed by atoms with Gasteiger partial charge in [0.15, 0.2) is 0 Å². The first kappa shape index (κ1) is 7.63. The van der Waals surface area contributed by atoms with E-state index in [9.17, 15) is 0 Å². The summed E-state index contributed by atoms with van der Waals surface area (Å²) in [6.07, 6.45) is 0. The number of fused-ring (bicyclic) bond motifs is 1. The highest BCUT2D eigenvalue weighted by molar-refractivity contribution is 6.08. The lowest BCUT2D eigenvalue weighted by molar-refractivity contribution is 0.416. The number of rotatable bonds is 2. The molecular formula is C13H10O. The summed E-state index contributed by atoms with van der Waals surface area (Å²) in [7, 11) is 1.71. The van der Waals surface area contributed by atoms with Gasteiger partial charge in [-0.25, -0.2) is 0 Å². The van der Waals surface area contributed by atoms with Gasteiger partial charge < -0.3 is 4.74 Å². The number of hydrogen-bond acceptors (Lipinski definition) is 1. The summed E-state index contributed by atoms with van der Waals surface area (Å²) in [5.74, 6) is 0.957. The van der Waals surface area contributed by atoms with Crippen molar-refractivity contribution in [1.29, 1.82) is 0 Å². The maximum Gasteiger partial charge on any atom is 0.126 e. The van der Waals surface area contributed by atoms with E-state index in [0.717, 1.165) is 5.75 Å². The summed E-state index contributed by atoms with van der Waals surface area (Å²) in [6, 6.07) is 14.5. The molecule has 0 aromatic heterocycles. The lowest BCUT2D eigenvalue weighted by Gasteiger charge is -2.02. The van der Waals surface area contributed by atoms with Gasteiger partial charge in [-0.2, -0.15) is 0 Å². The van der Waals surface area contributed by atoms with Crippen LogP contribution in [-0.4, -0.2) is 7.11 Å². The molecule has 14 heavy (non-hydrogen) atoms. The number of ether oxygens (including phenoxy) is 1. The van der Waals surface area contributed by atoms with Crippen molar-refractivity contribution in [1.82, 2.24) is 0 Å². The SMILES string of the molecule is COc1ccccc1-c1c2cccc1-2. The fourth-order valence-corrected chi connectivity index (χ4v) is 1.95. The molecule has 1 nitrogen and oxygen atoms in total. The van der Waals surface area contributed by atoms with E-state index in [-0.39, 0.29) is 0 Å². The summed E-state index contributed by atoms with van der Waals surface area (Å²) in [5, 5.41) is 0.